The summed E-state index contributed by atoms with van der Waals surface area (Å²) in [6.45, 7) is 0.463. The maximum atomic E-state index is 13.3. The lowest BCUT2D eigenvalue weighted by atomic mass is 10.2. The van der Waals surface area contributed by atoms with Crippen LogP contribution in [0.15, 0.2) is 16.6 Å². The van der Waals surface area contributed by atoms with Crippen LogP contribution in [0.25, 0.3) is 0 Å². The van der Waals surface area contributed by atoms with Crippen LogP contribution in [0.4, 0.5) is 8.78 Å². The van der Waals surface area contributed by atoms with Crippen LogP contribution < -0.4 is 0 Å². The van der Waals surface area contributed by atoms with Crippen molar-refractivity contribution in [3.8, 4) is 0 Å². The highest BCUT2D eigenvalue weighted by Gasteiger charge is 2.10. The van der Waals surface area contributed by atoms with Crippen LogP contribution in [0.2, 0.25) is 0 Å². The Morgan fingerprint density at radius 2 is 1.92 bits per heavy atom. The van der Waals surface area contributed by atoms with E-state index in [9.17, 15) is 8.78 Å². The Balaban J connectivity index is 3.04. The molecule has 0 atom stereocenters. The van der Waals surface area contributed by atoms with Gasteiger partial charge < -0.3 is 4.90 Å². The fourth-order valence-corrected chi connectivity index (χ4v) is 1.42. The van der Waals surface area contributed by atoms with Gasteiger partial charge in [-0.1, -0.05) is 6.07 Å². The van der Waals surface area contributed by atoms with Crippen LogP contribution in [-0.2, 0) is 6.54 Å². The Hall–Kier alpha value is -0.480. The Bertz CT molecular complexity index is 313. The minimum Gasteiger partial charge on any atom is -0.305 e. The smallest absolute Gasteiger partial charge is 0.144 e. The molecule has 0 amide bonds. The van der Waals surface area contributed by atoms with Gasteiger partial charge in [0, 0.05) is 12.1 Å². The van der Waals surface area contributed by atoms with E-state index in [1.807, 2.05) is 19.0 Å². The van der Waals surface area contributed by atoms with Gasteiger partial charge in [0.25, 0.3) is 0 Å². The lowest BCUT2D eigenvalue weighted by Gasteiger charge is -2.11. The van der Waals surface area contributed by atoms with Crippen molar-refractivity contribution in [2.45, 2.75) is 6.54 Å². The molecule has 1 aromatic rings. The summed E-state index contributed by atoms with van der Waals surface area (Å²) in [5.74, 6) is -1.09. The van der Waals surface area contributed by atoms with Gasteiger partial charge in [-0.2, -0.15) is 0 Å². The maximum absolute atomic E-state index is 13.3. The van der Waals surface area contributed by atoms with Crippen molar-refractivity contribution in [3.63, 3.8) is 0 Å². The second kappa shape index (κ2) is 4.15. The van der Waals surface area contributed by atoms with E-state index in [0.717, 1.165) is 0 Å². The minimum absolute atomic E-state index is 0.0909. The van der Waals surface area contributed by atoms with Crippen LogP contribution in [0.5, 0.6) is 0 Å². The van der Waals surface area contributed by atoms with Crippen molar-refractivity contribution in [2.75, 3.05) is 14.1 Å². The summed E-state index contributed by atoms with van der Waals surface area (Å²) in [6, 6.07) is 2.71. The number of hydrogen-bond donors (Lipinski definition) is 0. The summed E-state index contributed by atoms with van der Waals surface area (Å²) in [6.07, 6.45) is 0. The maximum Gasteiger partial charge on any atom is 0.144 e. The summed E-state index contributed by atoms with van der Waals surface area (Å²) in [4.78, 5) is 1.82. The molecule has 0 saturated carbocycles. The van der Waals surface area contributed by atoms with Crippen molar-refractivity contribution in [2.24, 2.45) is 0 Å². The van der Waals surface area contributed by atoms with Gasteiger partial charge >= 0.3 is 0 Å². The van der Waals surface area contributed by atoms with Gasteiger partial charge in [0.1, 0.15) is 11.6 Å². The molecule has 0 radical (unpaired) electrons. The van der Waals surface area contributed by atoms with Crippen molar-refractivity contribution in [1.82, 2.24) is 4.90 Å². The second-order valence-electron chi connectivity index (χ2n) is 3.07. The molecule has 0 aromatic heterocycles. The van der Waals surface area contributed by atoms with Gasteiger partial charge in [0.2, 0.25) is 0 Å². The Kier molecular flexibility index (Phi) is 3.39. The summed E-state index contributed by atoms with van der Waals surface area (Å²) < 4.78 is 26.0. The summed E-state index contributed by atoms with van der Waals surface area (Å²) in [7, 11) is 3.66. The zero-order chi connectivity index (χ0) is 10.0. The highest BCUT2D eigenvalue weighted by molar-refractivity contribution is 9.10. The van der Waals surface area contributed by atoms with Crippen molar-refractivity contribution < 1.29 is 8.78 Å². The molecule has 0 bridgehead atoms. The fraction of sp³-hybridized carbons (Fsp3) is 0.333. The molecule has 0 spiro atoms. The van der Waals surface area contributed by atoms with Crippen molar-refractivity contribution >= 4 is 15.9 Å². The molecule has 1 rings (SSSR count). The first-order valence-electron chi connectivity index (χ1n) is 3.79. The number of nitrogens with zero attached hydrogens (tertiary/aromatic N) is 1. The van der Waals surface area contributed by atoms with E-state index < -0.39 is 11.6 Å². The molecule has 0 aliphatic heterocycles. The Labute approximate surface area is 84.5 Å². The largest absolute Gasteiger partial charge is 0.305 e. The zero-order valence-corrected chi connectivity index (χ0v) is 9.03. The van der Waals surface area contributed by atoms with E-state index in [2.05, 4.69) is 15.9 Å². The highest BCUT2D eigenvalue weighted by atomic mass is 79.9. The lowest BCUT2D eigenvalue weighted by Crippen LogP contribution is -2.12. The van der Waals surface area contributed by atoms with E-state index in [0.29, 0.717) is 12.1 Å². The van der Waals surface area contributed by atoms with Crippen LogP contribution in [0.3, 0.4) is 0 Å². The molecule has 4 heteroatoms. The SMILES string of the molecule is CN(C)Cc1ccc(F)c(Br)c1F. The molecule has 1 aromatic carbocycles. The van der Waals surface area contributed by atoms with Crippen LogP contribution in [0, 0.1) is 11.6 Å². The standard InChI is InChI=1S/C9H10BrF2N/c1-13(2)5-6-3-4-7(11)8(10)9(6)12/h3-4H,5H2,1-2H3. The minimum atomic E-state index is -0.569. The highest BCUT2D eigenvalue weighted by Crippen LogP contribution is 2.22. The predicted octanol–water partition coefficient (Wildman–Crippen LogP) is 2.79. The third-order valence-electron chi connectivity index (χ3n) is 1.60. The van der Waals surface area contributed by atoms with Gasteiger partial charge in [-0.25, -0.2) is 8.78 Å². The van der Waals surface area contributed by atoms with E-state index >= 15 is 0 Å². The lowest BCUT2D eigenvalue weighted by molar-refractivity contribution is 0.391. The third-order valence-corrected chi connectivity index (χ3v) is 2.33. The number of benzene rings is 1. The molecule has 0 heterocycles. The number of hydrogen-bond acceptors (Lipinski definition) is 1. The fourth-order valence-electron chi connectivity index (χ4n) is 1.03. The van der Waals surface area contributed by atoms with Gasteiger partial charge in [-0.3, -0.25) is 0 Å². The van der Waals surface area contributed by atoms with Gasteiger partial charge in [0.05, 0.1) is 4.47 Å². The van der Waals surface area contributed by atoms with E-state index in [1.54, 1.807) is 0 Å². The monoisotopic (exact) mass is 249 g/mol. The molecule has 13 heavy (non-hydrogen) atoms. The van der Waals surface area contributed by atoms with E-state index in [4.69, 9.17) is 0 Å². The summed E-state index contributed by atoms with van der Waals surface area (Å²) in [5.41, 5.74) is 0.485. The van der Waals surface area contributed by atoms with E-state index in [1.165, 1.54) is 12.1 Å². The average molecular weight is 250 g/mol. The topological polar surface area (TPSA) is 3.24 Å². The molecule has 1 nitrogen and oxygen atoms in total. The van der Waals surface area contributed by atoms with Crippen LogP contribution in [-0.4, -0.2) is 19.0 Å². The summed E-state index contributed by atoms with van der Waals surface area (Å²) >= 11 is 2.85. The third kappa shape index (κ3) is 2.48. The average Bonchev–Trinajstić information content (AvgIpc) is 2.06. The first kappa shape index (κ1) is 10.6. The van der Waals surface area contributed by atoms with Gasteiger partial charge in [-0.15, -0.1) is 0 Å². The van der Waals surface area contributed by atoms with Gasteiger partial charge in [0.15, 0.2) is 0 Å². The number of rotatable bonds is 2. The number of halogens is 3. The second-order valence-corrected chi connectivity index (χ2v) is 3.87. The molecule has 0 N–H and O–H groups in total. The van der Waals surface area contributed by atoms with Gasteiger partial charge in [-0.05, 0) is 36.1 Å². The molecule has 0 unspecified atom stereocenters. The van der Waals surface area contributed by atoms with E-state index in [-0.39, 0.29) is 4.47 Å². The molecular formula is C9H10BrF2N. The molecule has 72 valence electrons. The van der Waals surface area contributed by atoms with Crippen LogP contribution in [0.1, 0.15) is 5.56 Å². The Morgan fingerprint density at radius 1 is 1.31 bits per heavy atom. The molecule has 0 aliphatic carbocycles. The van der Waals surface area contributed by atoms with Crippen molar-refractivity contribution in [3.05, 3.63) is 33.8 Å². The normalized spacial score (nSPS) is 10.9. The zero-order valence-electron chi connectivity index (χ0n) is 7.44. The molecule has 0 aliphatic rings. The molecular weight excluding hydrogens is 240 g/mol. The predicted molar refractivity (Wildman–Crippen MR) is 51.4 cm³/mol. The quantitative estimate of drug-likeness (QED) is 0.729. The van der Waals surface area contributed by atoms with Crippen molar-refractivity contribution in [1.29, 1.82) is 0 Å². The molecule has 0 fully saturated rings. The first-order valence-corrected chi connectivity index (χ1v) is 4.58. The van der Waals surface area contributed by atoms with Crippen LogP contribution >= 0.6 is 15.9 Å². The Morgan fingerprint density at radius 3 is 2.46 bits per heavy atom. The first-order chi connectivity index (χ1) is 6.02. The molecule has 0 saturated heterocycles. The summed E-state index contributed by atoms with van der Waals surface area (Å²) in [5, 5.41) is 0.